The van der Waals surface area contributed by atoms with Gasteiger partial charge in [0.2, 0.25) is 5.91 Å². The van der Waals surface area contributed by atoms with Crippen molar-refractivity contribution in [1.29, 1.82) is 0 Å². The SMILES string of the molecule is COc1ccc(Cl)c(NC(=O)Cn2cc(C(=O)O)nn2)c1. The summed E-state index contributed by atoms with van der Waals surface area (Å²) >= 11 is 5.96. The lowest BCUT2D eigenvalue weighted by Crippen LogP contribution is -2.19. The molecule has 2 rings (SSSR count). The van der Waals surface area contributed by atoms with E-state index in [0.29, 0.717) is 16.5 Å². The number of ether oxygens (including phenoxy) is 1. The number of aromatic carboxylic acids is 1. The van der Waals surface area contributed by atoms with Gasteiger partial charge in [0.05, 0.1) is 24.0 Å². The van der Waals surface area contributed by atoms with Crippen LogP contribution in [0, 0.1) is 0 Å². The smallest absolute Gasteiger partial charge is 0.358 e. The largest absolute Gasteiger partial charge is 0.497 e. The summed E-state index contributed by atoms with van der Waals surface area (Å²) in [4.78, 5) is 22.5. The predicted octanol–water partition coefficient (Wildman–Crippen LogP) is 1.28. The second-order valence-electron chi connectivity index (χ2n) is 4.00. The lowest BCUT2D eigenvalue weighted by Gasteiger charge is -2.08. The van der Waals surface area contributed by atoms with Gasteiger partial charge in [0, 0.05) is 6.07 Å². The van der Waals surface area contributed by atoms with Gasteiger partial charge in [-0.05, 0) is 12.1 Å². The van der Waals surface area contributed by atoms with Gasteiger partial charge in [0.25, 0.3) is 0 Å². The Labute approximate surface area is 124 Å². The summed E-state index contributed by atoms with van der Waals surface area (Å²) in [6.07, 6.45) is 1.16. The molecule has 1 amide bonds. The van der Waals surface area contributed by atoms with E-state index < -0.39 is 11.9 Å². The third kappa shape index (κ3) is 3.69. The third-order valence-corrected chi connectivity index (χ3v) is 2.84. The van der Waals surface area contributed by atoms with E-state index in [1.165, 1.54) is 7.11 Å². The second kappa shape index (κ2) is 6.23. The number of rotatable bonds is 5. The molecular formula is C12H11ClN4O4. The Hall–Kier alpha value is -2.61. The second-order valence-corrected chi connectivity index (χ2v) is 4.41. The summed E-state index contributed by atoms with van der Waals surface area (Å²) in [6, 6.07) is 4.83. The fraction of sp³-hybridized carbons (Fsp3) is 0.167. The fourth-order valence-electron chi connectivity index (χ4n) is 1.54. The molecule has 0 spiro atoms. The van der Waals surface area contributed by atoms with Crippen molar-refractivity contribution < 1.29 is 19.4 Å². The average molecular weight is 311 g/mol. The zero-order valence-electron chi connectivity index (χ0n) is 10.9. The molecule has 2 N–H and O–H groups in total. The molecule has 0 aliphatic heterocycles. The Morgan fingerprint density at radius 1 is 1.48 bits per heavy atom. The Morgan fingerprint density at radius 3 is 2.86 bits per heavy atom. The van der Waals surface area contributed by atoms with Crippen molar-refractivity contribution in [2.24, 2.45) is 0 Å². The number of amides is 1. The van der Waals surface area contributed by atoms with E-state index in [-0.39, 0.29) is 12.2 Å². The van der Waals surface area contributed by atoms with Crippen LogP contribution in [-0.2, 0) is 11.3 Å². The Morgan fingerprint density at radius 2 is 2.24 bits per heavy atom. The van der Waals surface area contributed by atoms with Crippen molar-refractivity contribution in [3.63, 3.8) is 0 Å². The monoisotopic (exact) mass is 310 g/mol. The lowest BCUT2D eigenvalue weighted by molar-refractivity contribution is -0.116. The van der Waals surface area contributed by atoms with Crippen molar-refractivity contribution in [2.45, 2.75) is 6.54 Å². The van der Waals surface area contributed by atoms with Crippen LogP contribution in [-0.4, -0.2) is 39.1 Å². The fourth-order valence-corrected chi connectivity index (χ4v) is 1.70. The van der Waals surface area contributed by atoms with Gasteiger partial charge in [-0.25, -0.2) is 9.48 Å². The summed E-state index contributed by atoms with van der Waals surface area (Å²) in [5, 5.41) is 18.6. The first-order valence-electron chi connectivity index (χ1n) is 5.76. The maximum absolute atomic E-state index is 11.9. The molecule has 21 heavy (non-hydrogen) atoms. The van der Waals surface area contributed by atoms with Gasteiger partial charge in [-0.3, -0.25) is 4.79 Å². The number of nitrogens with one attached hydrogen (secondary N) is 1. The molecule has 2 aromatic rings. The number of halogens is 1. The van der Waals surface area contributed by atoms with Crippen molar-refractivity contribution >= 4 is 29.2 Å². The van der Waals surface area contributed by atoms with Gasteiger partial charge in [-0.15, -0.1) is 5.10 Å². The quantitative estimate of drug-likeness (QED) is 0.861. The summed E-state index contributed by atoms with van der Waals surface area (Å²) < 4.78 is 6.15. The maximum Gasteiger partial charge on any atom is 0.358 e. The Kier molecular flexibility index (Phi) is 4.39. The van der Waals surface area contributed by atoms with Gasteiger partial charge in [0.15, 0.2) is 5.69 Å². The zero-order valence-corrected chi connectivity index (χ0v) is 11.7. The van der Waals surface area contributed by atoms with Crippen LogP contribution in [0.3, 0.4) is 0 Å². The van der Waals surface area contributed by atoms with Crippen molar-refractivity contribution in [3.8, 4) is 5.75 Å². The molecule has 1 heterocycles. The number of carbonyl (C=O) groups excluding carboxylic acids is 1. The summed E-state index contributed by atoms with van der Waals surface area (Å²) in [7, 11) is 1.50. The van der Waals surface area contributed by atoms with Crippen LogP contribution in [0.1, 0.15) is 10.5 Å². The van der Waals surface area contributed by atoms with Gasteiger partial charge >= 0.3 is 5.97 Å². The van der Waals surface area contributed by atoms with Crippen LogP contribution in [0.2, 0.25) is 5.02 Å². The van der Waals surface area contributed by atoms with Crippen LogP contribution < -0.4 is 10.1 Å². The Balaban J connectivity index is 2.05. The average Bonchev–Trinajstić information content (AvgIpc) is 2.90. The first-order valence-corrected chi connectivity index (χ1v) is 6.14. The molecule has 0 aliphatic carbocycles. The van der Waals surface area contributed by atoms with Crippen LogP contribution in [0.5, 0.6) is 5.75 Å². The first kappa shape index (κ1) is 14.8. The highest BCUT2D eigenvalue weighted by atomic mass is 35.5. The van der Waals surface area contributed by atoms with E-state index >= 15 is 0 Å². The number of aromatic nitrogens is 3. The number of nitrogens with zero attached hydrogens (tertiary/aromatic N) is 3. The third-order valence-electron chi connectivity index (χ3n) is 2.51. The molecule has 0 fully saturated rings. The van der Waals surface area contributed by atoms with Crippen molar-refractivity contribution in [3.05, 3.63) is 35.1 Å². The number of anilines is 1. The molecule has 1 aromatic heterocycles. The number of carboxylic acid groups (broad SMARTS) is 1. The molecule has 0 radical (unpaired) electrons. The summed E-state index contributed by atoms with van der Waals surface area (Å²) in [6.45, 7) is -0.187. The molecule has 0 unspecified atom stereocenters. The number of carboxylic acids is 1. The van der Waals surface area contributed by atoms with E-state index in [2.05, 4.69) is 15.6 Å². The molecule has 0 aliphatic rings. The van der Waals surface area contributed by atoms with Crippen LogP contribution in [0.15, 0.2) is 24.4 Å². The van der Waals surface area contributed by atoms with Gasteiger partial charge in [-0.2, -0.15) is 0 Å². The van der Waals surface area contributed by atoms with Crippen molar-refractivity contribution in [2.75, 3.05) is 12.4 Å². The van der Waals surface area contributed by atoms with E-state index in [1.807, 2.05) is 0 Å². The molecule has 110 valence electrons. The van der Waals surface area contributed by atoms with E-state index in [9.17, 15) is 9.59 Å². The minimum Gasteiger partial charge on any atom is -0.497 e. The number of benzene rings is 1. The zero-order chi connectivity index (χ0) is 15.4. The van der Waals surface area contributed by atoms with E-state index in [4.69, 9.17) is 21.4 Å². The standard InChI is InChI=1S/C12H11ClN4O4/c1-21-7-2-3-8(13)9(4-7)14-11(18)6-17-5-10(12(19)20)15-16-17/h2-5H,6H2,1H3,(H,14,18)(H,19,20). The molecule has 8 nitrogen and oxygen atoms in total. The molecule has 1 aromatic carbocycles. The number of methoxy groups -OCH3 is 1. The van der Waals surface area contributed by atoms with Gasteiger partial charge in [0.1, 0.15) is 12.3 Å². The van der Waals surface area contributed by atoms with Gasteiger partial charge in [-0.1, -0.05) is 16.8 Å². The Bertz CT molecular complexity index is 686. The highest BCUT2D eigenvalue weighted by Crippen LogP contribution is 2.26. The van der Waals surface area contributed by atoms with E-state index in [1.54, 1.807) is 18.2 Å². The maximum atomic E-state index is 11.9. The molecule has 0 saturated carbocycles. The molecule has 9 heteroatoms. The molecule has 0 saturated heterocycles. The van der Waals surface area contributed by atoms with Gasteiger partial charge < -0.3 is 15.2 Å². The number of hydrogen-bond donors (Lipinski definition) is 2. The predicted molar refractivity (Wildman–Crippen MR) is 73.6 cm³/mol. The first-order chi connectivity index (χ1) is 9.99. The summed E-state index contributed by atoms with van der Waals surface area (Å²) in [5.41, 5.74) is 0.154. The van der Waals surface area contributed by atoms with Crippen molar-refractivity contribution in [1.82, 2.24) is 15.0 Å². The molecular weight excluding hydrogens is 300 g/mol. The number of hydrogen-bond acceptors (Lipinski definition) is 5. The minimum absolute atomic E-state index is 0.187. The molecule has 0 atom stereocenters. The normalized spacial score (nSPS) is 10.2. The minimum atomic E-state index is -1.21. The molecule has 0 bridgehead atoms. The van der Waals surface area contributed by atoms with E-state index in [0.717, 1.165) is 10.9 Å². The summed E-state index contributed by atoms with van der Waals surface area (Å²) in [5.74, 6) is -1.09. The highest BCUT2D eigenvalue weighted by Gasteiger charge is 2.12. The van der Waals surface area contributed by atoms with Crippen LogP contribution >= 0.6 is 11.6 Å². The lowest BCUT2D eigenvalue weighted by atomic mass is 10.3. The van der Waals surface area contributed by atoms with Crippen LogP contribution in [0.25, 0.3) is 0 Å². The van der Waals surface area contributed by atoms with Crippen LogP contribution in [0.4, 0.5) is 5.69 Å². The topological polar surface area (TPSA) is 106 Å². The highest BCUT2D eigenvalue weighted by molar-refractivity contribution is 6.33. The number of carbonyl (C=O) groups is 2.